The lowest BCUT2D eigenvalue weighted by molar-refractivity contribution is 0.0947. The van der Waals surface area contributed by atoms with Gasteiger partial charge in [0.05, 0.1) is 10.5 Å². The number of thiocarbonyl (C=S) groups is 1. The third-order valence-electron chi connectivity index (χ3n) is 1.72. The second kappa shape index (κ2) is 5.02. The molecule has 1 rings (SSSR count). The van der Waals surface area contributed by atoms with Crippen molar-refractivity contribution in [3.8, 4) is 0 Å². The molecule has 0 bridgehead atoms. The van der Waals surface area contributed by atoms with Gasteiger partial charge in [-0.3, -0.25) is 4.79 Å². The summed E-state index contributed by atoms with van der Waals surface area (Å²) in [4.78, 5) is 15.7. The van der Waals surface area contributed by atoms with Crippen LogP contribution in [0.2, 0.25) is 0 Å². The van der Waals surface area contributed by atoms with Crippen LogP contribution in [0.4, 0.5) is 0 Å². The first-order chi connectivity index (χ1) is 6.61. The summed E-state index contributed by atoms with van der Waals surface area (Å²) in [5, 5.41) is 4.40. The molecule has 0 saturated heterocycles. The first-order valence-electron chi connectivity index (χ1n) is 4.07. The van der Waals surface area contributed by atoms with Gasteiger partial charge in [-0.2, -0.15) is 0 Å². The summed E-state index contributed by atoms with van der Waals surface area (Å²) in [6, 6.07) is 0. The van der Waals surface area contributed by atoms with E-state index in [9.17, 15) is 4.79 Å². The van der Waals surface area contributed by atoms with Gasteiger partial charge in [-0.05, 0) is 0 Å². The summed E-state index contributed by atoms with van der Waals surface area (Å²) in [6.45, 7) is 2.31. The number of amides is 1. The Balaban J connectivity index is 2.40. The van der Waals surface area contributed by atoms with E-state index >= 15 is 0 Å². The molecule has 0 fully saturated rings. The van der Waals surface area contributed by atoms with Crippen LogP contribution in [-0.4, -0.2) is 22.4 Å². The van der Waals surface area contributed by atoms with Gasteiger partial charge in [0.25, 0.3) is 5.91 Å². The molecule has 0 radical (unpaired) electrons. The van der Waals surface area contributed by atoms with E-state index in [0.29, 0.717) is 17.2 Å². The molecule has 0 aliphatic carbocycles. The summed E-state index contributed by atoms with van der Waals surface area (Å²) < 4.78 is 0. The Bertz CT molecular complexity index is 323. The van der Waals surface area contributed by atoms with Gasteiger partial charge in [-0.25, -0.2) is 4.98 Å². The van der Waals surface area contributed by atoms with Gasteiger partial charge in [-0.15, -0.1) is 11.3 Å². The summed E-state index contributed by atoms with van der Waals surface area (Å²) in [6.07, 6.45) is 0. The number of carbonyl (C=O) groups is 1. The van der Waals surface area contributed by atoms with E-state index in [1.165, 1.54) is 11.3 Å². The third-order valence-corrected chi connectivity index (χ3v) is 2.71. The molecular formula is C8H11N3OS2. The summed E-state index contributed by atoms with van der Waals surface area (Å²) in [5.41, 5.74) is 7.46. The van der Waals surface area contributed by atoms with Crippen molar-refractivity contribution in [2.75, 3.05) is 6.54 Å². The van der Waals surface area contributed by atoms with Crippen molar-refractivity contribution in [3.05, 3.63) is 16.6 Å². The highest BCUT2D eigenvalue weighted by molar-refractivity contribution is 7.80. The van der Waals surface area contributed by atoms with Crippen LogP contribution in [0.1, 0.15) is 17.4 Å². The maximum atomic E-state index is 11.4. The van der Waals surface area contributed by atoms with Crippen LogP contribution in [0.15, 0.2) is 10.9 Å². The van der Waals surface area contributed by atoms with E-state index in [2.05, 4.69) is 10.3 Å². The number of hydrogen-bond acceptors (Lipinski definition) is 4. The lowest BCUT2D eigenvalue weighted by atomic mass is 10.2. The molecule has 1 aromatic heterocycles. The van der Waals surface area contributed by atoms with Gasteiger partial charge in [0, 0.05) is 17.8 Å². The van der Waals surface area contributed by atoms with Crippen LogP contribution in [0.25, 0.3) is 0 Å². The smallest absolute Gasteiger partial charge is 0.270 e. The molecule has 6 heteroatoms. The lowest BCUT2D eigenvalue weighted by Crippen LogP contribution is -2.33. The molecule has 1 atom stereocenters. The average Bonchev–Trinajstić information content (AvgIpc) is 2.66. The highest BCUT2D eigenvalue weighted by Crippen LogP contribution is 2.01. The maximum Gasteiger partial charge on any atom is 0.270 e. The van der Waals surface area contributed by atoms with Crippen molar-refractivity contribution in [2.45, 2.75) is 6.92 Å². The van der Waals surface area contributed by atoms with Gasteiger partial charge in [0.15, 0.2) is 0 Å². The standard InChI is InChI=1S/C8H11N3OS2/c1-5(7(9)13)2-10-8(12)6-3-14-4-11-6/h3-5H,2H2,1H3,(H2,9,13)(H,10,12). The number of nitrogens with zero attached hydrogens (tertiary/aromatic N) is 1. The van der Waals surface area contributed by atoms with E-state index in [4.69, 9.17) is 18.0 Å². The number of thiazole rings is 1. The van der Waals surface area contributed by atoms with Crippen molar-refractivity contribution < 1.29 is 4.79 Å². The van der Waals surface area contributed by atoms with Crippen molar-refractivity contribution in [2.24, 2.45) is 11.7 Å². The predicted molar refractivity (Wildman–Crippen MR) is 60.4 cm³/mol. The molecule has 1 unspecified atom stereocenters. The van der Waals surface area contributed by atoms with Crippen LogP contribution in [-0.2, 0) is 0 Å². The molecule has 0 aliphatic rings. The predicted octanol–water partition coefficient (Wildman–Crippen LogP) is 0.795. The van der Waals surface area contributed by atoms with Crippen molar-refractivity contribution in [3.63, 3.8) is 0 Å². The molecule has 1 aromatic rings. The minimum Gasteiger partial charge on any atom is -0.393 e. The van der Waals surface area contributed by atoms with Gasteiger partial charge in [0.2, 0.25) is 0 Å². The first-order valence-corrected chi connectivity index (χ1v) is 5.42. The fourth-order valence-corrected chi connectivity index (χ4v) is 1.38. The van der Waals surface area contributed by atoms with Crippen LogP contribution in [0, 0.1) is 5.92 Å². The van der Waals surface area contributed by atoms with Crippen LogP contribution >= 0.6 is 23.6 Å². The number of aromatic nitrogens is 1. The van der Waals surface area contributed by atoms with Gasteiger partial charge < -0.3 is 11.1 Å². The fraction of sp³-hybridized carbons (Fsp3) is 0.375. The van der Waals surface area contributed by atoms with Crippen LogP contribution in [0.3, 0.4) is 0 Å². The largest absolute Gasteiger partial charge is 0.393 e. The van der Waals surface area contributed by atoms with E-state index in [0.717, 1.165) is 0 Å². The molecule has 0 spiro atoms. The Kier molecular flexibility index (Phi) is 3.97. The Morgan fingerprint density at radius 1 is 1.86 bits per heavy atom. The molecule has 1 amide bonds. The Morgan fingerprint density at radius 2 is 2.57 bits per heavy atom. The summed E-state index contributed by atoms with van der Waals surface area (Å²) >= 11 is 6.17. The molecule has 0 aromatic carbocycles. The fourth-order valence-electron chi connectivity index (χ4n) is 0.762. The normalized spacial score (nSPS) is 12.1. The van der Waals surface area contributed by atoms with Crippen LogP contribution in [0.5, 0.6) is 0 Å². The minimum absolute atomic E-state index is 0.00702. The van der Waals surface area contributed by atoms with Crippen LogP contribution < -0.4 is 11.1 Å². The number of nitrogens with two attached hydrogens (primary N) is 1. The van der Waals surface area contributed by atoms with Crippen molar-refractivity contribution in [1.82, 2.24) is 10.3 Å². The molecule has 76 valence electrons. The number of carbonyl (C=O) groups excluding carboxylic acids is 1. The molecule has 14 heavy (non-hydrogen) atoms. The molecule has 4 nitrogen and oxygen atoms in total. The Morgan fingerprint density at radius 3 is 3.07 bits per heavy atom. The second-order valence-electron chi connectivity index (χ2n) is 2.89. The second-order valence-corrected chi connectivity index (χ2v) is 4.08. The molecular weight excluding hydrogens is 218 g/mol. The molecule has 3 N–H and O–H groups in total. The summed E-state index contributed by atoms with van der Waals surface area (Å²) in [7, 11) is 0. The number of hydrogen-bond donors (Lipinski definition) is 2. The van der Waals surface area contributed by atoms with E-state index in [-0.39, 0.29) is 11.8 Å². The molecule has 0 saturated carbocycles. The average molecular weight is 229 g/mol. The van der Waals surface area contributed by atoms with Crippen molar-refractivity contribution in [1.29, 1.82) is 0 Å². The maximum absolute atomic E-state index is 11.4. The van der Waals surface area contributed by atoms with E-state index in [1.54, 1.807) is 10.9 Å². The van der Waals surface area contributed by atoms with Gasteiger partial charge in [-0.1, -0.05) is 19.1 Å². The Hall–Kier alpha value is -1.01. The Labute approximate surface area is 91.5 Å². The molecule has 0 aliphatic heterocycles. The van der Waals surface area contributed by atoms with Crippen molar-refractivity contribution >= 4 is 34.5 Å². The van der Waals surface area contributed by atoms with E-state index in [1.807, 2.05) is 6.92 Å². The SMILES string of the molecule is CC(CNC(=O)c1cscn1)C(N)=S. The topological polar surface area (TPSA) is 68.0 Å². The highest BCUT2D eigenvalue weighted by Gasteiger charge is 2.10. The number of nitrogens with one attached hydrogen (secondary N) is 1. The minimum atomic E-state index is -0.186. The quantitative estimate of drug-likeness (QED) is 0.749. The zero-order valence-electron chi connectivity index (χ0n) is 7.69. The number of rotatable bonds is 4. The third kappa shape index (κ3) is 3.04. The zero-order chi connectivity index (χ0) is 10.6. The lowest BCUT2D eigenvalue weighted by Gasteiger charge is -2.09. The van der Waals surface area contributed by atoms with Gasteiger partial charge in [0.1, 0.15) is 5.69 Å². The van der Waals surface area contributed by atoms with Gasteiger partial charge >= 0.3 is 0 Å². The molecule has 1 heterocycles. The zero-order valence-corrected chi connectivity index (χ0v) is 9.32. The highest BCUT2D eigenvalue weighted by atomic mass is 32.1. The van der Waals surface area contributed by atoms with E-state index < -0.39 is 0 Å². The monoisotopic (exact) mass is 229 g/mol. The summed E-state index contributed by atoms with van der Waals surface area (Å²) in [5.74, 6) is -0.179. The first kappa shape index (κ1) is 11.1.